The maximum absolute atomic E-state index is 13.6. The standard InChI is InChI=1S/C23H25F2N3O2S/c1-2-15-4-3-5-16(6-15)11-26-12-22(29)20(28-23(30)21-13-31-14-27-21)9-17-7-18(24)10-19(25)8-17/h3-8,10,13-14,20,22,26,29H,2,9,11-12H2,1H3,(H,28,30). The van der Waals surface area contributed by atoms with Crippen molar-refractivity contribution in [3.63, 3.8) is 0 Å². The van der Waals surface area contributed by atoms with E-state index >= 15 is 0 Å². The van der Waals surface area contributed by atoms with Crippen LogP contribution in [0.15, 0.2) is 53.4 Å². The van der Waals surface area contributed by atoms with E-state index in [1.54, 1.807) is 5.38 Å². The van der Waals surface area contributed by atoms with Crippen LogP contribution in [0.3, 0.4) is 0 Å². The number of nitrogens with zero attached hydrogens (tertiary/aromatic N) is 1. The summed E-state index contributed by atoms with van der Waals surface area (Å²) >= 11 is 1.28. The highest BCUT2D eigenvalue weighted by atomic mass is 32.1. The minimum atomic E-state index is -0.983. The smallest absolute Gasteiger partial charge is 0.271 e. The molecule has 0 saturated carbocycles. The number of aromatic nitrogens is 1. The predicted molar refractivity (Wildman–Crippen MR) is 117 cm³/mol. The zero-order chi connectivity index (χ0) is 22.2. The number of amides is 1. The Hall–Kier alpha value is -2.68. The molecule has 0 saturated heterocycles. The highest BCUT2D eigenvalue weighted by molar-refractivity contribution is 7.07. The normalized spacial score (nSPS) is 13.0. The number of carbonyl (C=O) groups is 1. The van der Waals surface area contributed by atoms with E-state index < -0.39 is 29.7 Å². The van der Waals surface area contributed by atoms with Crippen molar-refractivity contribution >= 4 is 17.2 Å². The number of carbonyl (C=O) groups excluding carboxylic acids is 1. The molecular formula is C23H25F2N3O2S. The third-order valence-corrected chi connectivity index (χ3v) is 5.49. The Morgan fingerprint density at radius 1 is 1.13 bits per heavy atom. The molecule has 3 N–H and O–H groups in total. The molecule has 3 rings (SSSR count). The summed E-state index contributed by atoms with van der Waals surface area (Å²) in [5.41, 5.74) is 4.42. The van der Waals surface area contributed by atoms with Gasteiger partial charge in [0, 0.05) is 24.5 Å². The highest BCUT2D eigenvalue weighted by Gasteiger charge is 2.23. The van der Waals surface area contributed by atoms with Crippen LogP contribution in [0.5, 0.6) is 0 Å². The van der Waals surface area contributed by atoms with E-state index in [1.165, 1.54) is 34.5 Å². The van der Waals surface area contributed by atoms with Gasteiger partial charge in [-0.25, -0.2) is 13.8 Å². The van der Waals surface area contributed by atoms with Gasteiger partial charge in [0.2, 0.25) is 0 Å². The van der Waals surface area contributed by atoms with Crippen molar-refractivity contribution in [3.05, 3.63) is 87.4 Å². The monoisotopic (exact) mass is 445 g/mol. The Kier molecular flexibility index (Phi) is 8.22. The number of nitrogens with one attached hydrogen (secondary N) is 2. The molecule has 0 spiro atoms. The number of halogens is 2. The Morgan fingerprint density at radius 2 is 1.87 bits per heavy atom. The zero-order valence-electron chi connectivity index (χ0n) is 17.1. The van der Waals surface area contributed by atoms with Gasteiger partial charge in [-0.2, -0.15) is 0 Å². The molecule has 31 heavy (non-hydrogen) atoms. The first-order valence-corrected chi connectivity index (χ1v) is 11.0. The molecule has 8 heteroatoms. The van der Waals surface area contributed by atoms with Crippen molar-refractivity contribution in [2.45, 2.75) is 38.5 Å². The lowest BCUT2D eigenvalue weighted by Gasteiger charge is -2.24. The van der Waals surface area contributed by atoms with Crippen molar-refractivity contribution in [1.82, 2.24) is 15.6 Å². The van der Waals surface area contributed by atoms with Gasteiger partial charge < -0.3 is 15.7 Å². The summed E-state index contributed by atoms with van der Waals surface area (Å²) in [6.45, 7) is 2.82. The van der Waals surface area contributed by atoms with E-state index in [0.717, 1.165) is 18.1 Å². The van der Waals surface area contributed by atoms with E-state index in [2.05, 4.69) is 34.7 Å². The van der Waals surface area contributed by atoms with Crippen molar-refractivity contribution in [2.24, 2.45) is 0 Å². The van der Waals surface area contributed by atoms with Crippen LogP contribution >= 0.6 is 11.3 Å². The number of aryl methyl sites for hydroxylation is 1. The van der Waals surface area contributed by atoms with Gasteiger partial charge in [0.1, 0.15) is 17.3 Å². The van der Waals surface area contributed by atoms with Gasteiger partial charge in [-0.05, 0) is 41.7 Å². The number of hydrogen-bond donors (Lipinski definition) is 3. The summed E-state index contributed by atoms with van der Waals surface area (Å²) in [4.78, 5) is 16.4. The molecule has 0 aliphatic heterocycles. The molecule has 3 aromatic rings. The van der Waals surface area contributed by atoms with Crippen molar-refractivity contribution in [1.29, 1.82) is 0 Å². The van der Waals surface area contributed by atoms with Gasteiger partial charge in [0.05, 0.1) is 17.7 Å². The summed E-state index contributed by atoms with van der Waals surface area (Å²) in [6, 6.07) is 10.6. The van der Waals surface area contributed by atoms with Crippen LogP contribution in [0.4, 0.5) is 8.78 Å². The van der Waals surface area contributed by atoms with Crippen LogP contribution in [0.25, 0.3) is 0 Å². The van der Waals surface area contributed by atoms with Crippen molar-refractivity contribution in [3.8, 4) is 0 Å². The van der Waals surface area contributed by atoms with Crippen LogP contribution in [-0.2, 0) is 19.4 Å². The summed E-state index contributed by atoms with van der Waals surface area (Å²) < 4.78 is 27.2. The second-order valence-corrected chi connectivity index (χ2v) is 8.03. The molecule has 2 aromatic carbocycles. The first-order valence-electron chi connectivity index (χ1n) is 10.0. The van der Waals surface area contributed by atoms with E-state index in [9.17, 15) is 18.7 Å². The topological polar surface area (TPSA) is 74.2 Å². The fraction of sp³-hybridized carbons (Fsp3) is 0.304. The molecule has 164 valence electrons. The maximum atomic E-state index is 13.6. The number of aliphatic hydroxyl groups excluding tert-OH is 1. The average Bonchev–Trinajstić information content (AvgIpc) is 3.28. The van der Waals surface area contributed by atoms with Gasteiger partial charge in [-0.1, -0.05) is 31.2 Å². The highest BCUT2D eigenvalue weighted by Crippen LogP contribution is 2.13. The largest absolute Gasteiger partial charge is 0.390 e. The average molecular weight is 446 g/mol. The summed E-state index contributed by atoms with van der Waals surface area (Å²) in [7, 11) is 0. The van der Waals surface area contributed by atoms with E-state index in [1.807, 2.05) is 12.1 Å². The van der Waals surface area contributed by atoms with Crippen LogP contribution in [0.2, 0.25) is 0 Å². The maximum Gasteiger partial charge on any atom is 0.271 e. The molecule has 0 bridgehead atoms. The molecule has 1 heterocycles. The third kappa shape index (κ3) is 6.92. The number of aliphatic hydroxyl groups is 1. The SMILES string of the molecule is CCc1cccc(CNCC(O)C(Cc2cc(F)cc(F)c2)NC(=O)c2cscn2)c1. The molecule has 2 unspecified atom stereocenters. The number of rotatable bonds is 10. The van der Waals surface area contributed by atoms with E-state index in [4.69, 9.17) is 0 Å². The Bertz CT molecular complexity index is 978. The fourth-order valence-electron chi connectivity index (χ4n) is 3.30. The number of benzene rings is 2. The quantitative estimate of drug-likeness (QED) is 0.447. The van der Waals surface area contributed by atoms with Gasteiger partial charge in [-0.3, -0.25) is 4.79 Å². The number of hydrogen-bond acceptors (Lipinski definition) is 5. The summed E-state index contributed by atoms with van der Waals surface area (Å²) in [6.07, 6.45) is 0.0210. The first kappa shape index (κ1) is 23.0. The van der Waals surface area contributed by atoms with Crippen molar-refractivity contribution < 1.29 is 18.7 Å². The van der Waals surface area contributed by atoms with Gasteiger partial charge in [-0.15, -0.1) is 11.3 Å². The van der Waals surface area contributed by atoms with Crippen molar-refractivity contribution in [2.75, 3.05) is 6.54 Å². The second-order valence-electron chi connectivity index (χ2n) is 7.31. The molecule has 2 atom stereocenters. The zero-order valence-corrected chi connectivity index (χ0v) is 18.0. The molecule has 1 amide bonds. The summed E-state index contributed by atoms with van der Waals surface area (Å²) in [5, 5.41) is 18.3. The molecule has 0 aliphatic rings. The van der Waals surface area contributed by atoms with Gasteiger partial charge in [0.25, 0.3) is 5.91 Å². The first-order chi connectivity index (χ1) is 14.9. The molecule has 0 aliphatic carbocycles. The minimum Gasteiger partial charge on any atom is -0.390 e. The minimum absolute atomic E-state index is 0.0682. The van der Waals surface area contributed by atoms with Crippen LogP contribution in [0, 0.1) is 11.6 Å². The fourth-order valence-corrected chi connectivity index (χ4v) is 3.83. The second kappa shape index (κ2) is 11.1. The lowest BCUT2D eigenvalue weighted by Crippen LogP contribution is -2.48. The third-order valence-electron chi connectivity index (χ3n) is 4.91. The lowest BCUT2D eigenvalue weighted by atomic mass is 10.00. The molecule has 0 fully saturated rings. The molecule has 1 aromatic heterocycles. The molecule has 0 radical (unpaired) electrons. The van der Waals surface area contributed by atoms with Crippen LogP contribution in [-0.4, -0.2) is 34.7 Å². The van der Waals surface area contributed by atoms with Crippen LogP contribution < -0.4 is 10.6 Å². The lowest BCUT2D eigenvalue weighted by molar-refractivity contribution is 0.0826. The Labute approximate surface area is 184 Å². The number of thiazole rings is 1. The Morgan fingerprint density at radius 3 is 2.55 bits per heavy atom. The van der Waals surface area contributed by atoms with E-state index in [0.29, 0.717) is 12.1 Å². The molecule has 5 nitrogen and oxygen atoms in total. The summed E-state index contributed by atoms with van der Waals surface area (Å²) in [5.74, 6) is -1.86. The van der Waals surface area contributed by atoms with Gasteiger partial charge >= 0.3 is 0 Å². The molecular weight excluding hydrogens is 420 g/mol. The van der Waals surface area contributed by atoms with Gasteiger partial charge in [0.15, 0.2) is 0 Å². The van der Waals surface area contributed by atoms with Crippen LogP contribution in [0.1, 0.15) is 34.1 Å². The predicted octanol–water partition coefficient (Wildman–Crippen LogP) is 3.48. The Balaban J connectivity index is 1.67. The van der Waals surface area contributed by atoms with E-state index in [-0.39, 0.29) is 18.7 Å².